The monoisotopic (exact) mass is 245 g/mol. The zero-order valence-electron chi connectivity index (χ0n) is 9.04. The van der Waals surface area contributed by atoms with Gasteiger partial charge in [-0.3, -0.25) is 9.59 Å². The summed E-state index contributed by atoms with van der Waals surface area (Å²) in [4.78, 5) is 25.5. The van der Waals surface area contributed by atoms with Crippen LogP contribution in [0.4, 0.5) is 0 Å². The summed E-state index contributed by atoms with van der Waals surface area (Å²) in [5, 5.41) is 35.4. The molecule has 0 aliphatic carbocycles. The van der Waals surface area contributed by atoms with E-state index < -0.39 is 29.6 Å². The molecule has 0 spiro atoms. The van der Waals surface area contributed by atoms with Crippen molar-refractivity contribution in [2.24, 2.45) is 0 Å². The van der Waals surface area contributed by atoms with Crippen LogP contribution in [0.25, 0.3) is 0 Å². The molecule has 18 heavy (non-hydrogen) atoms. The third kappa shape index (κ3) is 2.80. The molecule has 0 aliphatic rings. The number of hydrogen-bond donors (Lipinski definition) is 2. The van der Waals surface area contributed by atoms with Gasteiger partial charge in [-0.2, -0.15) is 10.5 Å². The number of aliphatic carboxylic acids is 1. The highest BCUT2D eigenvalue weighted by atomic mass is 16.4. The highest BCUT2D eigenvalue weighted by molar-refractivity contribution is 5.98. The molecule has 0 saturated carbocycles. The van der Waals surface area contributed by atoms with Gasteiger partial charge in [0.2, 0.25) is 0 Å². The Labute approximate surface area is 102 Å². The first-order chi connectivity index (χ1) is 8.49. The van der Waals surface area contributed by atoms with Crippen LogP contribution in [0.1, 0.15) is 34.6 Å². The number of pyridine rings is 1. The first-order valence-electron chi connectivity index (χ1n) is 4.78. The molecule has 7 nitrogen and oxygen atoms in total. The van der Waals surface area contributed by atoms with Gasteiger partial charge in [0.25, 0.3) is 0 Å². The van der Waals surface area contributed by atoms with Gasteiger partial charge in [-0.25, -0.2) is 4.98 Å². The molecule has 0 aromatic carbocycles. The van der Waals surface area contributed by atoms with Crippen LogP contribution in [0, 0.1) is 22.7 Å². The highest BCUT2D eigenvalue weighted by Crippen LogP contribution is 2.22. The number of nitrogens with zero attached hydrogens (tertiary/aromatic N) is 3. The lowest BCUT2D eigenvalue weighted by Gasteiger charge is -2.04. The predicted molar refractivity (Wildman–Crippen MR) is 56.5 cm³/mol. The number of carbonyl (C=O) groups is 2. The summed E-state index contributed by atoms with van der Waals surface area (Å²) in [5.41, 5.74) is -0.893. The van der Waals surface area contributed by atoms with Crippen molar-refractivity contribution in [1.82, 2.24) is 4.98 Å². The highest BCUT2D eigenvalue weighted by Gasteiger charge is 2.19. The van der Waals surface area contributed by atoms with Gasteiger partial charge in [0.15, 0.2) is 17.2 Å². The number of carboxylic acid groups (broad SMARTS) is 1. The summed E-state index contributed by atoms with van der Waals surface area (Å²) in [5.74, 6) is -2.53. The van der Waals surface area contributed by atoms with Gasteiger partial charge in [0, 0.05) is 6.42 Å². The fourth-order valence-corrected chi connectivity index (χ4v) is 1.21. The second kappa shape index (κ2) is 5.41. The third-order valence-electron chi connectivity index (χ3n) is 2.06. The van der Waals surface area contributed by atoms with Gasteiger partial charge in [0.05, 0.1) is 12.0 Å². The Morgan fingerprint density at radius 2 is 1.94 bits per heavy atom. The number of aromatic hydroxyl groups is 1. The van der Waals surface area contributed by atoms with Gasteiger partial charge in [-0.1, -0.05) is 0 Å². The fourth-order valence-electron chi connectivity index (χ4n) is 1.21. The quantitative estimate of drug-likeness (QED) is 0.740. The normalized spacial score (nSPS) is 9.22. The van der Waals surface area contributed by atoms with Gasteiger partial charge in [-0.15, -0.1) is 0 Å². The molecule has 1 rings (SSSR count). The molecular formula is C11H7N3O4. The number of aromatic nitrogens is 1. The predicted octanol–water partition coefficient (Wildman–Crippen LogP) is 0.578. The Bertz CT molecular complexity index is 596. The lowest BCUT2D eigenvalue weighted by Crippen LogP contribution is -2.08. The van der Waals surface area contributed by atoms with Crippen molar-refractivity contribution in [3.63, 3.8) is 0 Å². The molecule has 0 amide bonds. The van der Waals surface area contributed by atoms with Gasteiger partial charge in [-0.05, 0) is 6.07 Å². The molecule has 0 fully saturated rings. The lowest BCUT2D eigenvalue weighted by atomic mass is 10.1. The summed E-state index contributed by atoms with van der Waals surface area (Å²) in [6.07, 6.45) is -0.783. The molecule has 0 saturated heterocycles. The number of ketones is 1. The van der Waals surface area contributed by atoms with Crippen molar-refractivity contribution in [2.75, 3.05) is 0 Å². The number of carbonyl (C=O) groups excluding carboxylic acids is 1. The summed E-state index contributed by atoms with van der Waals surface area (Å²) in [6, 6.07) is 4.31. The minimum absolute atomic E-state index is 0.192. The Kier molecular flexibility index (Phi) is 3.95. The average Bonchev–Trinajstić information content (AvgIpc) is 2.36. The number of rotatable bonds is 4. The molecule has 0 bridgehead atoms. The van der Waals surface area contributed by atoms with Crippen molar-refractivity contribution < 1.29 is 19.8 Å². The zero-order chi connectivity index (χ0) is 13.7. The van der Waals surface area contributed by atoms with Crippen molar-refractivity contribution in [1.29, 1.82) is 10.5 Å². The van der Waals surface area contributed by atoms with Crippen LogP contribution in [-0.4, -0.2) is 26.9 Å². The van der Waals surface area contributed by atoms with Gasteiger partial charge in [0.1, 0.15) is 17.8 Å². The van der Waals surface area contributed by atoms with Crippen molar-refractivity contribution in [3.8, 4) is 17.9 Å². The summed E-state index contributed by atoms with van der Waals surface area (Å²) >= 11 is 0. The van der Waals surface area contributed by atoms with E-state index in [0.717, 1.165) is 6.07 Å². The Balaban J connectivity index is 3.16. The van der Waals surface area contributed by atoms with Gasteiger partial charge < -0.3 is 10.2 Å². The molecule has 7 heteroatoms. The molecule has 2 N–H and O–H groups in total. The zero-order valence-corrected chi connectivity index (χ0v) is 9.04. The third-order valence-corrected chi connectivity index (χ3v) is 2.06. The molecule has 1 aromatic heterocycles. The van der Waals surface area contributed by atoms with E-state index in [1.807, 2.05) is 0 Å². The van der Waals surface area contributed by atoms with E-state index in [2.05, 4.69) is 4.98 Å². The maximum absolute atomic E-state index is 11.6. The van der Waals surface area contributed by atoms with Crippen LogP contribution in [0.2, 0.25) is 0 Å². The van der Waals surface area contributed by atoms with Crippen LogP contribution >= 0.6 is 0 Å². The Morgan fingerprint density at radius 1 is 1.28 bits per heavy atom. The van der Waals surface area contributed by atoms with Crippen molar-refractivity contribution in [2.45, 2.75) is 12.8 Å². The SMILES string of the molecule is N#Cc1cc(C#N)c(O)c(C(=O)CCC(=O)O)n1. The lowest BCUT2D eigenvalue weighted by molar-refractivity contribution is -0.136. The van der Waals surface area contributed by atoms with E-state index in [1.165, 1.54) is 0 Å². The van der Waals surface area contributed by atoms with Crippen LogP contribution in [0.15, 0.2) is 6.07 Å². The molecule has 1 heterocycles. The summed E-state index contributed by atoms with van der Waals surface area (Å²) in [6.45, 7) is 0. The topological polar surface area (TPSA) is 135 Å². The minimum atomic E-state index is -1.17. The number of carboxylic acids is 1. The fraction of sp³-hybridized carbons (Fsp3) is 0.182. The Morgan fingerprint density at radius 3 is 2.44 bits per heavy atom. The van der Waals surface area contributed by atoms with Crippen molar-refractivity contribution >= 4 is 11.8 Å². The molecule has 0 atom stereocenters. The van der Waals surface area contributed by atoms with Gasteiger partial charge >= 0.3 is 5.97 Å². The average molecular weight is 245 g/mol. The van der Waals surface area contributed by atoms with E-state index in [9.17, 15) is 14.7 Å². The maximum Gasteiger partial charge on any atom is 0.303 e. The first-order valence-corrected chi connectivity index (χ1v) is 4.78. The summed E-state index contributed by atoms with van der Waals surface area (Å²) in [7, 11) is 0. The van der Waals surface area contributed by atoms with E-state index in [4.69, 9.17) is 15.6 Å². The molecule has 0 unspecified atom stereocenters. The summed E-state index contributed by atoms with van der Waals surface area (Å²) < 4.78 is 0. The molecule has 0 radical (unpaired) electrons. The largest absolute Gasteiger partial charge is 0.504 e. The molecular weight excluding hydrogens is 238 g/mol. The number of hydrogen-bond acceptors (Lipinski definition) is 6. The molecule has 90 valence electrons. The molecule has 1 aromatic rings. The smallest absolute Gasteiger partial charge is 0.303 e. The second-order valence-corrected chi connectivity index (χ2v) is 3.29. The van der Waals surface area contributed by atoms with Crippen molar-refractivity contribution in [3.05, 3.63) is 23.0 Å². The maximum atomic E-state index is 11.6. The van der Waals surface area contributed by atoms with E-state index >= 15 is 0 Å². The standard InChI is InChI=1S/C11H7N3O4/c12-4-6-3-7(5-13)14-10(11(6)18)8(15)1-2-9(16)17/h3,18H,1-2H2,(H,16,17). The van der Waals surface area contributed by atoms with E-state index in [1.54, 1.807) is 12.1 Å². The van der Waals surface area contributed by atoms with Crippen LogP contribution in [-0.2, 0) is 4.79 Å². The van der Waals surface area contributed by atoms with Crippen LogP contribution < -0.4 is 0 Å². The van der Waals surface area contributed by atoms with E-state index in [0.29, 0.717) is 0 Å². The minimum Gasteiger partial charge on any atom is -0.504 e. The molecule has 0 aliphatic heterocycles. The van der Waals surface area contributed by atoms with Crippen LogP contribution in [0.3, 0.4) is 0 Å². The Hall–Kier alpha value is -2.93. The number of Topliss-reactive ketones (excluding diaryl/α,β-unsaturated/α-hetero) is 1. The van der Waals surface area contributed by atoms with Crippen LogP contribution in [0.5, 0.6) is 5.75 Å². The first kappa shape index (κ1) is 13.1. The van der Waals surface area contributed by atoms with E-state index in [-0.39, 0.29) is 17.7 Å². The number of nitriles is 2. The second-order valence-electron chi connectivity index (χ2n) is 3.29.